The molecule has 0 aromatic carbocycles. The van der Waals surface area contributed by atoms with Crippen molar-refractivity contribution in [3.05, 3.63) is 17.6 Å². The number of halogens is 3. The van der Waals surface area contributed by atoms with Crippen LogP contribution in [0.15, 0.2) is 6.07 Å². The summed E-state index contributed by atoms with van der Waals surface area (Å²) in [5.41, 5.74) is 0.662. The van der Waals surface area contributed by atoms with Crippen molar-refractivity contribution in [3.63, 3.8) is 0 Å². The molecule has 128 valence electrons. The summed E-state index contributed by atoms with van der Waals surface area (Å²) in [7, 11) is 1.58. The monoisotopic (exact) mass is 330 g/mol. The first-order valence-corrected chi connectivity index (χ1v) is 7.49. The molecule has 1 aromatic rings. The normalized spacial score (nSPS) is 22.6. The molecule has 1 aliphatic rings. The van der Waals surface area contributed by atoms with Crippen LogP contribution in [0, 0.1) is 18.8 Å². The number of carbonyl (C=O) groups excluding carboxylic acids is 1. The van der Waals surface area contributed by atoms with E-state index in [1.54, 1.807) is 20.0 Å². The summed E-state index contributed by atoms with van der Waals surface area (Å²) in [5, 5.41) is 2.53. The van der Waals surface area contributed by atoms with Gasteiger partial charge in [0.05, 0.1) is 11.8 Å². The zero-order valence-corrected chi connectivity index (χ0v) is 13.6. The summed E-state index contributed by atoms with van der Waals surface area (Å²) in [6.45, 7) is 5.49. The van der Waals surface area contributed by atoms with Gasteiger partial charge in [-0.15, -0.1) is 0 Å². The maximum absolute atomic E-state index is 13.1. The number of amides is 1. The van der Waals surface area contributed by atoms with Crippen molar-refractivity contribution in [1.29, 1.82) is 0 Å². The third-order valence-corrected chi connectivity index (χ3v) is 3.90. The highest BCUT2D eigenvalue weighted by Crippen LogP contribution is 2.37. The third kappa shape index (κ3) is 4.19. The van der Waals surface area contributed by atoms with Gasteiger partial charge in [-0.05, 0) is 14.0 Å². The second-order valence-corrected chi connectivity index (χ2v) is 6.37. The van der Waals surface area contributed by atoms with Crippen molar-refractivity contribution >= 4 is 11.7 Å². The maximum atomic E-state index is 13.1. The number of hydrogen-bond acceptors (Lipinski definition) is 4. The van der Waals surface area contributed by atoms with E-state index in [-0.39, 0.29) is 24.8 Å². The quantitative estimate of drug-likeness (QED) is 0.925. The lowest BCUT2D eigenvalue weighted by molar-refractivity contribution is -0.182. The number of nitrogens with zero attached hydrogens (tertiary/aromatic N) is 3. The Labute approximate surface area is 133 Å². The van der Waals surface area contributed by atoms with Crippen LogP contribution in [0.4, 0.5) is 19.0 Å². The molecule has 1 aliphatic heterocycles. The molecule has 0 aliphatic carbocycles. The summed E-state index contributed by atoms with van der Waals surface area (Å²) in [6.07, 6.45) is -4.39. The molecule has 2 rings (SSSR count). The Morgan fingerprint density at radius 3 is 2.57 bits per heavy atom. The number of nitrogens with one attached hydrogen (secondary N) is 1. The zero-order valence-electron chi connectivity index (χ0n) is 13.6. The molecular weight excluding hydrogens is 309 g/mol. The Kier molecular flexibility index (Phi) is 4.93. The zero-order chi connectivity index (χ0) is 17.4. The van der Waals surface area contributed by atoms with Crippen LogP contribution >= 0.6 is 0 Å². The Morgan fingerprint density at radius 2 is 2.00 bits per heavy atom. The van der Waals surface area contributed by atoms with Gasteiger partial charge in [0, 0.05) is 30.8 Å². The van der Waals surface area contributed by atoms with E-state index in [1.807, 2.05) is 13.8 Å². The number of anilines is 1. The molecule has 8 heteroatoms. The van der Waals surface area contributed by atoms with E-state index in [2.05, 4.69) is 15.3 Å². The number of alkyl halides is 3. The van der Waals surface area contributed by atoms with Gasteiger partial charge in [-0.25, -0.2) is 9.97 Å². The first-order chi connectivity index (χ1) is 10.6. The first kappa shape index (κ1) is 17.7. The second-order valence-electron chi connectivity index (χ2n) is 6.37. The van der Waals surface area contributed by atoms with E-state index in [0.29, 0.717) is 11.5 Å². The molecule has 0 saturated carbocycles. The maximum Gasteiger partial charge on any atom is 0.393 e. The van der Waals surface area contributed by atoms with Gasteiger partial charge in [-0.2, -0.15) is 13.2 Å². The van der Waals surface area contributed by atoms with Crippen LogP contribution in [-0.4, -0.2) is 47.1 Å². The SMILES string of the molecule is Cc1cc(NC(=O)[C@@H]2CN(C)C[C@H]2C(F)(F)F)nc(C(C)C)n1. The average Bonchev–Trinajstić information content (AvgIpc) is 2.80. The van der Waals surface area contributed by atoms with Gasteiger partial charge in [0.2, 0.25) is 5.91 Å². The first-order valence-electron chi connectivity index (χ1n) is 7.49. The summed E-state index contributed by atoms with van der Waals surface area (Å²) in [5.74, 6) is -2.56. The molecule has 0 spiro atoms. The minimum absolute atomic E-state index is 0.0612. The fraction of sp³-hybridized carbons (Fsp3) is 0.667. The topological polar surface area (TPSA) is 58.1 Å². The lowest BCUT2D eigenvalue weighted by Crippen LogP contribution is -2.37. The molecule has 5 nitrogen and oxygen atoms in total. The highest BCUT2D eigenvalue weighted by Gasteiger charge is 2.51. The van der Waals surface area contributed by atoms with Crippen LogP contribution in [-0.2, 0) is 4.79 Å². The highest BCUT2D eigenvalue weighted by molar-refractivity contribution is 5.92. The van der Waals surface area contributed by atoms with Gasteiger partial charge in [0.1, 0.15) is 11.6 Å². The Bertz CT molecular complexity index is 589. The van der Waals surface area contributed by atoms with Crippen molar-refractivity contribution < 1.29 is 18.0 Å². The lowest BCUT2D eigenvalue weighted by Gasteiger charge is -2.20. The van der Waals surface area contributed by atoms with Crippen molar-refractivity contribution in [3.8, 4) is 0 Å². The number of rotatable bonds is 3. The van der Waals surface area contributed by atoms with Crippen LogP contribution < -0.4 is 5.32 Å². The molecule has 1 fully saturated rings. The molecule has 0 radical (unpaired) electrons. The molecule has 2 atom stereocenters. The van der Waals surface area contributed by atoms with Crippen molar-refractivity contribution in [2.75, 3.05) is 25.5 Å². The van der Waals surface area contributed by atoms with E-state index in [0.717, 1.165) is 0 Å². The largest absolute Gasteiger partial charge is 0.393 e. The predicted molar refractivity (Wildman–Crippen MR) is 80.0 cm³/mol. The van der Waals surface area contributed by atoms with Crippen LogP contribution in [0.25, 0.3) is 0 Å². The van der Waals surface area contributed by atoms with Crippen molar-refractivity contribution in [2.45, 2.75) is 32.9 Å². The summed E-state index contributed by atoms with van der Waals surface area (Å²) in [4.78, 5) is 22.3. The molecule has 0 bridgehead atoms. The van der Waals surface area contributed by atoms with Crippen LogP contribution in [0.5, 0.6) is 0 Å². The minimum Gasteiger partial charge on any atom is -0.310 e. The summed E-state index contributed by atoms with van der Waals surface area (Å²) >= 11 is 0. The number of carbonyl (C=O) groups is 1. The third-order valence-electron chi connectivity index (χ3n) is 3.90. The van der Waals surface area contributed by atoms with Gasteiger partial charge in [0.15, 0.2) is 0 Å². The predicted octanol–water partition coefficient (Wildman–Crippen LogP) is 2.59. The lowest BCUT2D eigenvalue weighted by atomic mass is 9.94. The van der Waals surface area contributed by atoms with E-state index >= 15 is 0 Å². The van der Waals surface area contributed by atoms with Crippen LogP contribution in [0.2, 0.25) is 0 Å². The van der Waals surface area contributed by atoms with E-state index in [1.165, 1.54) is 4.90 Å². The minimum atomic E-state index is -4.39. The van der Waals surface area contributed by atoms with Gasteiger partial charge < -0.3 is 10.2 Å². The van der Waals surface area contributed by atoms with E-state index in [4.69, 9.17) is 0 Å². The molecule has 0 unspecified atom stereocenters. The fourth-order valence-electron chi connectivity index (χ4n) is 2.73. The van der Waals surface area contributed by atoms with Crippen molar-refractivity contribution in [1.82, 2.24) is 14.9 Å². The molecular formula is C15H21F3N4O. The van der Waals surface area contributed by atoms with E-state index < -0.39 is 23.9 Å². The fourth-order valence-corrected chi connectivity index (χ4v) is 2.73. The molecule has 1 amide bonds. The molecule has 1 aromatic heterocycles. The van der Waals surface area contributed by atoms with Crippen molar-refractivity contribution in [2.24, 2.45) is 11.8 Å². The Balaban J connectivity index is 2.18. The number of hydrogen-bond donors (Lipinski definition) is 1. The summed E-state index contributed by atoms with van der Waals surface area (Å²) < 4.78 is 39.3. The van der Waals surface area contributed by atoms with Gasteiger partial charge in [0.25, 0.3) is 0 Å². The molecule has 23 heavy (non-hydrogen) atoms. The highest BCUT2D eigenvalue weighted by atomic mass is 19.4. The molecule has 2 heterocycles. The molecule has 1 saturated heterocycles. The Hall–Kier alpha value is -1.70. The average molecular weight is 330 g/mol. The van der Waals surface area contributed by atoms with Gasteiger partial charge >= 0.3 is 6.18 Å². The number of aromatic nitrogens is 2. The van der Waals surface area contributed by atoms with Gasteiger partial charge in [-0.3, -0.25) is 4.79 Å². The molecule has 1 N–H and O–H groups in total. The smallest absolute Gasteiger partial charge is 0.310 e. The summed E-state index contributed by atoms with van der Waals surface area (Å²) in [6, 6.07) is 1.56. The number of likely N-dealkylation sites (tertiary alicyclic amines) is 1. The number of aryl methyl sites for hydroxylation is 1. The van der Waals surface area contributed by atoms with Crippen LogP contribution in [0.1, 0.15) is 31.3 Å². The van der Waals surface area contributed by atoms with Gasteiger partial charge in [-0.1, -0.05) is 13.8 Å². The Morgan fingerprint density at radius 1 is 1.35 bits per heavy atom. The standard InChI is InChI=1S/C15H21F3N4O/c1-8(2)13-19-9(3)5-12(20-13)21-14(23)10-6-22(4)7-11(10)15(16,17)18/h5,8,10-11H,6-7H2,1-4H3,(H,19,20,21,23)/t10-,11-/m1/s1. The second kappa shape index (κ2) is 6.43. The van der Waals surface area contributed by atoms with Crippen LogP contribution in [0.3, 0.4) is 0 Å². The van der Waals surface area contributed by atoms with E-state index in [9.17, 15) is 18.0 Å².